The van der Waals surface area contributed by atoms with E-state index in [9.17, 15) is 0 Å². The van der Waals surface area contributed by atoms with Crippen molar-refractivity contribution in [1.82, 2.24) is 9.97 Å². The molecule has 5 nitrogen and oxygen atoms in total. The van der Waals surface area contributed by atoms with Gasteiger partial charge in [-0.3, -0.25) is 5.73 Å². The fraction of sp³-hybridized carbons (Fsp3) is 0.600. The van der Waals surface area contributed by atoms with Crippen molar-refractivity contribution >= 4 is 12.0 Å². The van der Waals surface area contributed by atoms with E-state index in [1.165, 1.54) is 12.8 Å². The quantitative estimate of drug-likeness (QED) is 0.641. The molecule has 4 N–H and O–H groups in total. The second-order valence-corrected chi connectivity index (χ2v) is 4.35. The predicted molar refractivity (Wildman–Crippen MR) is 58.7 cm³/mol. The number of hydrogen-bond donors (Lipinski definition) is 3. The molecule has 0 amide bonds. The summed E-state index contributed by atoms with van der Waals surface area (Å²) < 4.78 is 0. The second-order valence-electron chi connectivity index (χ2n) is 4.35. The fourth-order valence-electron chi connectivity index (χ4n) is 2.47. The Labute approximate surface area is 88.2 Å². The summed E-state index contributed by atoms with van der Waals surface area (Å²) in [6.07, 6.45) is 8.27. The summed E-state index contributed by atoms with van der Waals surface area (Å²) in [5.41, 5.74) is 7.19. The van der Waals surface area contributed by atoms with E-state index in [-0.39, 0.29) is 0 Å². The van der Waals surface area contributed by atoms with Gasteiger partial charge in [-0.2, -0.15) is 0 Å². The van der Waals surface area contributed by atoms with Gasteiger partial charge < -0.3 is 10.3 Å². The lowest BCUT2D eigenvalue weighted by molar-refractivity contribution is 0.323. The molecular weight excluding hydrogens is 190 g/mol. The molecule has 0 saturated heterocycles. The average Bonchev–Trinajstić information content (AvgIpc) is 2.87. The highest BCUT2D eigenvalue weighted by molar-refractivity contribution is 5.86. The predicted octanol–water partition coefficient (Wildman–Crippen LogP) is 1.06. The molecule has 1 aromatic rings. The lowest BCUT2D eigenvalue weighted by Crippen LogP contribution is -2.53. The van der Waals surface area contributed by atoms with Crippen molar-refractivity contribution in [3.63, 3.8) is 0 Å². The summed E-state index contributed by atoms with van der Waals surface area (Å²) in [5, 5.41) is 3.23. The number of aliphatic imine (C=N–C) groups is 1. The summed E-state index contributed by atoms with van der Waals surface area (Å²) >= 11 is 0. The number of fused-ring (bicyclic) bond motifs is 1. The van der Waals surface area contributed by atoms with Crippen molar-refractivity contribution in [3.8, 4) is 0 Å². The zero-order valence-corrected chi connectivity index (χ0v) is 8.53. The maximum atomic E-state index is 6.28. The maximum Gasteiger partial charge on any atom is 0.186 e. The summed E-state index contributed by atoms with van der Waals surface area (Å²) in [5.74, 6) is 0.608. The van der Waals surface area contributed by atoms with E-state index in [0.29, 0.717) is 5.92 Å². The van der Waals surface area contributed by atoms with Gasteiger partial charge >= 0.3 is 0 Å². The molecule has 5 heteroatoms. The van der Waals surface area contributed by atoms with Gasteiger partial charge in [0, 0.05) is 5.92 Å². The highest BCUT2D eigenvalue weighted by Gasteiger charge is 2.38. The Kier molecular flexibility index (Phi) is 1.82. The van der Waals surface area contributed by atoms with Crippen LogP contribution >= 0.6 is 0 Å². The van der Waals surface area contributed by atoms with Crippen LogP contribution in [0.4, 0.5) is 5.82 Å². The minimum atomic E-state index is -0.640. The molecule has 1 aliphatic heterocycles. The smallest absolute Gasteiger partial charge is 0.186 e. The number of aromatic amines is 1. The van der Waals surface area contributed by atoms with E-state index in [1.807, 2.05) is 0 Å². The van der Waals surface area contributed by atoms with Crippen LogP contribution in [0.1, 0.15) is 31.4 Å². The van der Waals surface area contributed by atoms with Crippen LogP contribution in [0.2, 0.25) is 0 Å². The van der Waals surface area contributed by atoms with Gasteiger partial charge in [-0.1, -0.05) is 12.8 Å². The summed E-state index contributed by atoms with van der Waals surface area (Å²) in [6, 6.07) is 0. The van der Waals surface area contributed by atoms with Gasteiger partial charge in [0.05, 0.1) is 12.5 Å². The van der Waals surface area contributed by atoms with Crippen LogP contribution in [0.15, 0.2) is 11.3 Å². The first-order valence-corrected chi connectivity index (χ1v) is 5.43. The van der Waals surface area contributed by atoms with Crippen LogP contribution in [0, 0.1) is 5.92 Å². The highest BCUT2D eigenvalue weighted by Crippen LogP contribution is 2.35. The Morgan fingerprint density at radius 2 is 2.20 bits per heavy atom. The van der Waals surface area contributed by atoms with Gasteiger partial charge in [0.1, 0.15) is 5.69 Å². The van der Waals surface area contributed by atoms with Crippen molar-refractivity contribution in [2.75, 3.05) is 5.32 Å². The lowest BCUT2D eigenvalue weighted by Gasteiger charge is -2.34. The molecule has 80 valence electrons. The molecule has 1 atom stereocenters. The van der Waals surface area contributed by atoms with Crippen LogP contribution < -0.4 is 11.1 Å². The Bertz CT molecular complexity index is 390. The van der Waals surface area contributed by atoms with Crippen molar-refractivity contribution in [1.29, 1.82) is 0 Å². The lowest BCUT2D eigenvalue weighted by atomic mass is 9.98. The fourth-order valence-corrected chi connectivity index (χ4v) is 2.47. The highest BCUT2D eigenvalue weighted by atomic mass is 15.3. The van der Waals surface area contributed by atoms with Gasteiger partial charge in [0.2, 0.25) is 0 Å². The van der Waals surface area contributed by atoms with E-state index in [4.69, 9.17) is 5.73 Å². The minimum Gasteiger partial charge on any atom is -0.342 e. The number of H-pyrrole nitrogens is 1. The normalized spacial score (nSPS) is 30.2. The van der Waals surface area contributed by atoms with E-state index in [0.717, 1.165) is 24.4 Å². The van der Waals surface area contributed by atoms with E-state index < -0.39 is 5.79 Å². The monoisotopic (exact) mass is 205 g/mol. The van der Waals surface area contributed by atoms with Crippen LogP contribution in [-0.4, -0.2) is 22.0 Å². The molecule has 0 bridgehead atoms. The molecule has 1 saturated carbocycles. The first-order valence-electron chi connectivity index (χ1n) is 5.43. The molecule has 2 heterocycles. The Morgan fingerprint density at radius 1 is 1.40 bits per heavy atom. The molecule has 0 aromatic carbocycles. The maximum absolute atomic E-state index is 6.28. The van der Waals surface area contributed by atoms with Crippen LogP contribution in [-0.2, 0) is 0 Å². The van der Waals surface area contributed by atoms with Gasteiger partial charge in [-0.05, 0) is 12.8 Å². The summed E-state index contributed by atoms with van der Waals surface area (Å²) in [6.45, 7) is 0. The Hall–Kier alpha value is -1.36. The number of nitrogens with one attached hydrogen (secondary N) is 2. The average molecular weight is 205 g/mol. The zero-order valence-electron chi connectivity index (χ0n) is 8.53. The number of anilines is 1. The van der Waals surface area contributed by atoms with Gasteiger partial charge in [-0.25, -0.2) is 9.98 Å². The van der Waals surface area contributed by atoms with Crippen molar-refractivity contribution < 1.29 is 0 Å². The third-order valence-corrected chi connectivity index (χ3v) is 3.37. The third-order valence-electron chi connectivity index (χ3n) is 3.37. The SMILES string of the molecule is NC1(C2CCCC2)N=Cc2[nH]cnc2N1. The number of aromatic nitrogens is 2. The second kappa shape index (κ2) is 3.06. The summed E-state index contributed by atoms with van der Waals surface area (Å²) in [4.78, 5) is 11.6. The molecule has 1 fully saturated rings. The third kappa shape index (κ3) is 1.34. The summed E-state index contributed by atoms with van der Waals surface area (Å²) in [7, 11) is 0. The van der Waals surface area contributed by atoms with E-state index >= 15 is 0 Å². The number of nitrogens with two attached hydrogens (primary N) is 1. The Balaban J connectivity index is 1.89. The van der Waals surface area contributed by atoms with E-state index in [2.05, 4.69) is 20.3 Å². The largest absolute Gasteiger partial charge is 0.342 e. The van der Waals surface area contributed by atoms with Crippen molar-refractivity contribution in [3.05, 3.63) is 12.0 Å². The van der Waals surface area contributed by atoms with Gasteiger partial charge in [-0.15, -0.1) is 0 Å². The molecule has 0 radical (unpaired) electrons. The Morgan fingerprint density at radius 3 is 3.00 bits per heavy atom. The van der Waals surface area contributed by atoms with Crippen molar-refractivity contribution in [2.45, 2.75) is 31.5 Å². The van der Waals surface area contributed by atoms with Crippen LogP contribution in [0.5, 0.6) is 0 Å². The number of nitrogens with zero attached hydrogens (tertiary/aromatic N) is 2. The molecule has 1 aromatic heterocycles. The minimum absolute atomic E-state index is 0.429. The first kappa shape index (κ1) is 8.91. The van der Waals surface area contributed by atoms with Crippen LogP contribution in [0.25, 0.3) is 0 Å². The standard InChI is InChI=1S/C10H15N5/c11-10(7-3-1-2-4-7)14-5-8-9(15-10)13-6-12-8/h5-7,15H,1-4,11H2,(H,12,13). The molecule has 1 aliphatic carbocycles. The molecule has 2 aliphatic rings. The van der Waals surface area contributed by atoms with Crippen molar-refractivity contribution in [2.24, 2.45) is 16.6 Å². The molecule has 1 unspecified atom stereocenters. The molecular formula is C10H15N5. The molecule has 3 rings (SSSR count). The number of hydrogen-bond acceptors (Lipinski definition) is 4. The van der Waals surface area contributed by atoms with Crippen LogP contribution in [0.3, 0.4) is 0 Å². The number of imidazole rings is 1. The molecule has 15 heavy (non-hydrogen) atoms. The number of rotatable bonds is 1. The van der Waals surface area contributed by atoms with Gasteiger partial charge in [0.25, 0.3) is 0 Å². The zero-order chi connectivity index (χ0) is 10.3. The topological polar surface area (TPSA) is 79.1 Å². The molecule has 0 spiro atoms. The van der Waals surface area contributed by atoms with E-state index in [1.54, 1.807) is 12.5 Å². The van der Waals surface area contributed by atoms with Gasteiger partial charge in [0.15, 0.2) is 11.6 Å². The first-order chi connectivity index (χ1) is 7.28.